The van der Waals surface area contributed by atoms with E-state index in [1.165, 1.54) is 6.07 Å². The van der Waals surface area contributed by atoms with Crippen LogP contribution in [0, 0.1) is 10.6 Å². The van der Waals surface area contributed by atoms with E-state index >= 15 is 0 Å². The van der Waals surface area contributed by atoms with Crippen LogP contribution in [0.15, 0.2) is 22.7 Å². The Morgan fingerprint density at radius 3 is 2.96 bits per heavy atom. The molecule has 0 saturated carbocycles. The van der Waals surface area contributed by atoms with E-state index in [0.29, 0.717) is 34.2 Å². The Bertz CT molecular complexity index is 743. The zero-order valence-electron chi connectivity index (χ0n) is 12.7. The average Bonchev–Trinajstić information content (AvgIpc) is 2.86. The lowest BCUT2D eigenvalue weighted by molar-refractivity contribution is -0.121. The van der Waals surface area contributed by atoms with Gasteiger partial charge in [0, 0.05) is 30.4 Å². The molecule has 2 rings (SSSR count). The van der Waals surface area contributed by atoms with E-state index in [4.69, 9.17) is 12.2 Å². The number of aryl methyl sites for hydroxylation is 1. The second kappa shape index (κ2) is 8.35. The van der Waals surface area contributed by atoms with Gasteiger partial charge in [0.25, 0.3) is 0 Å². The molecule has 1 aromatic carbocycles. The molecular formula is C15H18BrFN4OS. The van der Waals surface area contributed by atoms with Crippen molar-refractivity contribution in [3.63, 3.8) is 0 Å². The molecule has 23 heavy (non-hydrogen) atoms. The van der Waals surface area contributed by atoms with Crippen molar-refractivity contribution in [1.82, 2.24) is 20.1 Å². The first-order valence-corrected chi connectivity index (χ1v) is 8.56. The second-order valence-corrected chi connectivity index (χ2v) is 6.33. The normalized spacial score (nSPS) is 10.7. The Labute approximate surface area is 147 Å². The predicted octanol–water partition coefficient (Wildman–Crippen LogP) is 3.15. The fourth-order valence-corrected chi connectivity index (χ4v) is 2.86. The zero-order valence-corrected chi connectivity index (χ0v) is 15.1. The second-order valence-electron chi connectivity index (χ2n) is 5.02. The van der Waals surface area contributed by atoms with Crippen LogP contribution >= 0.6 is 28.1 Å². The van der Waals surface area contributed by atoms with Gasteiger partial charge in [0.15, 0.2) is 4.77 Å². The molecule has 0 unspecified atom stereocenters. The van der Waals surface area contributed by atoms with Crippen LogP contribution in [0.1, 0.15) is 24.7 Å². The summed E-state index contributed by atoms with van der Waals surface area (Å²) in [6, 6.07) is 4.86. The molecule has 2 aromatic rings. The molecule has 0 radical (unpaired) electrons. The Balaban J connectivity index is 1.78. The molecule has 0 aliphatic carbocycles. The topological polar surface area (TPSA) is 62.7 Å². The predicted molar refractivity (Wildman–Crippen MR) is 92.2 cm³/mol. The van der Waals surface area contributed by atoms with E-state index in [-0.39, 0.29) is 18.1 Å². The molecule has 0 spiro atoms. The molecule has 8 heteroatoms. The average molecular weight is 401 g/mol. The Kier molecular flexibility index (Phi) is 6.47. The molecule has 0 aliphatic rings. The maximum absolute atomic E-state index is 13.7. The number of hydrogen-bond acceptors (Lipinski definition) is 3. The van der Waals surface area contributed by atoms with E-state index in [1.54, 1.807) is 12.1 Å². The first-order chi connectivity index (χ1) is 11.0. The molecule has 0 atom stereocenters. The van der Waals surface area contributed by atoms with Crippen LogP contribution in [-0.4, -0.2) is 27.2 Å². The molecule has 0 bridgehead atoms. The molecule has 0 fully saturated rings. The van der Waals surface area contributed by atoms with Gasteiger partial charge in [-0.2, -0.15) is 5.10 Å². The number of hydrogen-bond donors (Lipinski definition) is 2. The van der Waals surface area contributed by atoms with Crippen LogP contribution in [-0.2, 0) is 24.2 Å². The van der Waals surface area contributed by atoms with E-state index < -0.39 is 0 Å². The number of amides is 1. The number of carbonyl (C=O) groups is 1. The fourth-order valence-electron chi connectivity index (χ4n) is 2.24. The van der Waals surface area contributed by atoms with Gasteiger partial charge < -0.3 is 9.88 Å². The lowest BCUT2D eigenvalue weighted by Gasteiger charge is -2.07. The van der Waals surface area contributed by atoms with Crippen LogP contribution in [0.4, 0.5) is 4.39 Å². The van der Waals surface area contributed by atoms with Crippen LogP contribution in [0.25, 0.3) is 0 Å². The van der Waals surface area contributed by atoms with E-state index in [2.05, 4.69) is 31.4 Å². The highest BCUT2D eigenvalue weighted by molar-refractivity contribution is 9.10. The molecule has 2 N–H and O–H groups in total. The highest BCUT2D eigenvalue weighted by atomic mass is 79.9. The Morgan fingerprint density at radius 1 is 1.48 bits per heavy atom. The minimum absolute atomic E-state index is 0.107. The molecule has 1 amide bonds. The van der Waals surface area contributed by atoms with Crippen LogP contribution in [0.5, 0.6) is 0 Å². The van der Waals surface area contributed by atoms with E-state index in [0.717, 1.165) is 12.4 Å². The molecule has 5 nitrogen and oxygen atoms in total. The van der Waals surface area contributed by atoms with Crippen molar-refractivity contribution in [2.45, 2.75) is 32.7 Å². The molecular weight excluding hydrogens is 383 g/mol. The number of benzene rings is 1. The fraction of sp³-hybridized carbons (Fsp3) is 0.400. The van der Waals surface area contributed by atoms with E-state index in [1.807, 2.05) is 11.5 Å². The van der Waals surface area contributed by atoms with Crippen molar-refractivity contribution in [1.29, 1.82) is 0 Å². The third-order valence-corrected chi connectivity index (χ3v) is 4.27. The van der Waals surface area contributed by atoms with Gasteiger partial charge in [0.1, 0.15) is 11.6 Å². The van der Waals surface area contributed by atoms with Gasteiger partial charge >= 0.3 is 0 Å². The standard InChI is InChI=1S/C15H18BrFN4OS/c1-2-21-13(19-20-15(21)23)7-8-18-14(22)6-4-10-3-5-11(16)9-12(10)17/h3,5,9H,2,4,6-8H2,1H3,(H,18,22)(H,20,23). The van der Waals surface area contributed by atoms with Gasteiger partial charge in [-0.05, 0) is 43.3 Å². The van der Waals surface area contributed by atoms with Crippen molar-refractivity contribution in [2.24, 2.45) is 0 Å². The minimum atomic E-state index is -0.300. The van der Waals surface area contributed by atoms with Gasteiger partial charge in [0.05, 0.1) is 0 Å². The number of nitrogens with zero attached hydrogens (tertiary/aromatic N) is 2. The third-order valence-electron chi connectivity index (χ3n) is 3.46. The summed E-state index contributed by atoms with van der Waals surface area (Å²) in [4.78, 5) is 11.8. The van der Waals surface area contributed by atoms with Crippen LogP contribution in [0.3, 0.4) is 0 Å². The first-order valence-electron chi connectivity index (χ1n) is 7.36. The van der Waals surface area contributed by atoms with Crippen LogP contribution < -0.4 is 5.32 Å². The Hall–Kier alpha value is -1.54. The smallest absolute Gasteiger partial charge is 0.220 e. The lowest BCUT2D eigenvalue weighted by Crippen LogP contribution is -2.26. The molecule has 1 aromatic heterocycles. The number of H-pyrrole nitrogens is 1. The molecule has 0 aliphatic heterocycles. The monoisotopic (exact) mass is 400 g/mol. The quantitative estimate of drug-likeness (QED) is 0.701. The summed E-state index contributed by atoms with van der Waals surface area (Å²) < 4.78 is 16.8. The SMILES string of the molecule is CCn1c(CCNC(=O)CCc2ccc(Br)cc2F)n[nH]c1=S. The number of aromatic nitrogens is 3. The lowest BCUT2D eigenvalue weighted by atomic mass is 10.1. The van der Waals surface area contributed by atoms with Crippen molar-refractivity contribution < 1.29 is 9.18 Å². The van der Waals surface area contributed by atoms with Crippen LogP contribution in [0.2, 0.25) is 0 Å². The number of nitrogens with one attached hydrogen (secondary N) is 2. The minimum Gasteiger partial charge on any atom is -0.356 e. The summed E-state index contributed by atoms with van der Waals surface area (Å²) >= 11 is 8.32. The highest BCUT2D eigenvalue weighted by Crippen LogP contribution is 2.16. The maximum atomic E-state index is 13.7. The van der Waals surface area contributed by atoms with E-state index in [9.17, 15) is 9.18 Å². The summed E-state index contributed by atoms with van der Waals surface area (Å²) in [7, 11) is 0. The third kappa shape index (κ3) is 4.97. The largest absolute Gasteiger partial charge is 0.356 e. The van der Waals surface area contributed by atoms with Gasteiger partial charge in [-0.3, -0.25) is 9.89 Å². The molecule has 0 saturated heterocycles. The summed E-state index contributed by atoms with van der Waals surface area (Å²) in [5.74, 6) is 0.409. The van der Waals surface area contributed by atoms with Crippen molar-refractivity contribution >= 4 is 34.1 Å². The van der Waals surface area contributed by atoms with Gasteiger partial charge in [0.2, 0.25) is 5.91 Å². The van der Waals surface area contributed by atoms with Crippen molar-refractivity contribution in [3.8, 4) is 0 Å². The van der Waals surface area contributed by atoms with Gasteiger partial charge in [-0.15, -0.1) is 0 Å². The molecule has 1 heterocycles. The van der Waals surface area contributed by atoms with Crippen molar-refractivity contribution in [3.05, 3.63) is 44.6 Å². The number of aromatic amines is 1. The Morgan fingerprint density at radius 2 is 2.26 bits per heavy atom. The first kappa shape index (κ1) is 17.8. The van der Waals surface area contributed by atoms with Crippen molar-refractivity contribution in [2.75, 3.05) is 6.54 Å². The highest BCUT2D eigenvalue weighted by Gasteiger charge is 2.08. The summed E-state index contributed by atoms with van der Waals surface area (Å²) in [6.07, 6.45) is 1.22. The number of rotatable bonds is 7. The number of halogens is 2. The summed E-state index contributed by atoms with van der Waals surface area (Å²) in [5.41, 5.74) is 0.537. The van der Waals surface area contributed by atoms with Gasteiger partial charge in [-0.1, -0.05) is 22.0 Å². The number of carbonyl (C=O) groups excluding carboxylic acids is 1. The molecule has 124 valence electrons. The van der Waals surface area contributed by atoms with Gasteiger partial charge in [-0.25, -0.2) is 4.39 Å². The summed E-state index contributed by atoms with van der Waals surface area (Å²) in [5, 5.41) is 9.70. The summed E-state index contributed by atoms with van der Waals surface area (Å²) in [6.45, 7) is 3.20. The maximum Gasteiger partial charge on any atom is 0.220 e. The zero-order chi connectivity index (χ0) is 16.8.